The molecule has 0 bridgehead atoms. The van der Waals surface area contributed by atoms with Crippen molar-refractivity contribution in [2.45, 2.75) is 13.0 Å². The highest BCUT2D eigenvalue weighted by Crippen LogP contribution is 1.72. The van der Waals surface area contributed by atoms with Crippen LogP contribution in [0.4, 0.5) is 0 Å². The lowest BCUT2D eigenvalue weighted by Crippen LogP contribution is -2.03. The molecule has 0 amide bonds. The second-order valence-electron chi connectivity index (χ2n) is 2.05. The Balaban J connectivity index is 0. The SMILES string of the molecule is CC(O)CO.COCOCOC. The first kappa shape index (κ1) is 14.3. The van der Waals surface area contributed by atoms with Gasteiger partial charge in [0.25, 0.3) is 0 Å². The molecular weight excluding hydrogens is 164 g/mol. The van der Waals surface area contributed by atoms with Gasteiger partial charge in [-0.2, -0.15) is 0 Å². The first-order chi connectivity index (χ1) is 5.68. The van der Waals surface area contributed by atoms with Crippen LogP contribution in [0.3, 0.4) is 0 Å². The number of aliphatic hydroxyl groups is 2. The molecule has 0 heterocycles. The van der Waals surface area contributed by atoms with Gasteiger partial charge in [-0.25, -0.2) is 0 Å². The molecule has 0 fully saturated rings. The summed E-state index contributed by atoms with van der Waals surface area (Å²) in [5, 5.41) is 16.0. The summed E-state index contributed by atoms with van der Waals surface area (Å²) in [4.78, 5) is 0. The van der Waals surface area contributed by atoms with Gasteiger partial charge in [-0.1, -0.05) is 0 Å². The predicted octanol–water partition coefficient (Wildman–Crippen LogP) is -0.430. The Hall–Kier alpha value is -0.200. The number of hydrogen-bond donors (Lipinski definition) is 2. The fourth-order valence-electron chi connectivity index (χ4n) is 0.201. The molecule has 0 rings (SSSR count). The third-order valence-corrected chi connectivity index (χ3v) is 0.667. The van der Waals surface area contributed by atoms with Gasteiger partial charge in [0, 0.05) is 14.2 Å². The summed E-state index contributed by atoms with van der Waals surface area (Å²) in [6, 6.07) is 0. The van der Waals surface area contributed by atoms with Crippen LogP contribution in [0.1, 0.15) is 6.92 Å². The van der Waals surface area contributed by atoms with Crippen molar-refractivity contribution in [2.75, 3.05) is 34.4 Å². The molecule has 5 nitrogen and oxygen atoms in total. The van der Waals surface area contributed by atoms with E-state index in [1.165, 1.54) is 6.92 Å². The van der Waals surface area contributed by atoms with Crippen molar-refractivity contribution in [3.8, 4) is 0 Å². The van der Waals surface area contributed by atoms with Crippen LogP contribution in [0.15, 0.2) is 0 Å². The molecule has 0 aromatic rings. The first-order valence-electron chi connectivity index (χ1n) is 3.53. The molecule has 5 heteroatoms. The summed E-state index contributed by atoms with van der Waals surface area (Å²) in [6.45, 7) is 1.99. The van der Waals surface area contributed by atoms with E-state index in [9.17, 15) is 0 Å². The fourth-order valence-corrected chi connectivity index (χ4v) is 0.201. The van der Waals surface area contributed by atoms with E-state index in [2.05, 4.69) is 14.2 Å². The Kier molecular flexibility index (Phi) is 16.0. The second-order valence-corrected chi connectivity index (χ2v) is 2.05. The zero-order valence-electron chi connectivity index (χ0n) is 7.82. The van der Waals surface area contributed by atoms with Gasteiger partial charge < -0.3 is 24.4 Å². The molecule has 0 saturated heterocycles. The topological polar surface area (TPSA) is 68.2 Å². The smallest absolute Gasteiger partial charge is 0.149 e. The van der Waals surface area contributed by atoms with Gasteiger partial charge in [0.05, 0.1) is 12.7 Å². The van der Waals surface area contributed by atoms with Crippen molar-refractivity contribution in [1.29, 1.82) is 0 Å². The van der Waals surface area contributed by atoms with Crippen LogP contribution in [0.5, 0.6) is 0 Å². The molecule has 0 aliphatic heterocycles. The number of methoxy groups -OCH3 is 2. The number of rotatable bonds is 5. The lowest BCUT2D eigenvalue weighted by Gasteiger charge is -1.97. The minimum atomic E-state index is -0.560. The summed E-state index contributed by atoms with van der Waals surface area (Å²) in [5.41, 5.74) is 0. The van der Waals surface area contributed by atoms with Crippen molar-refractivity contribution in [3.63, 3.8) is 0 Å². The van der Waals surface area contributed by atoms with E-state index in [0.29, 0.717) is 13.6 Å². The van der Waals surface area contributed by atoms with Crippen molar-refractivity contribution >= 4 is 0 Å². The highest BCUT2D eigenvalue weighted by atomic mass is 16.7. The maximum absolute atomic E-state index is 8.11. The van der Waals surface area contributed by atoms with E-state index >= 15 is 0 Å². The number of hydrogen-bond acceptors (Lipinski definition) is 5. The summed E-state index contributed by atoms with van der Waals surface area (Å²) in [5.74, 6) is 0. The van der Waals surface area contributed by atoms with E-state index in [1.807, 2.05) is 0 Å². The van der Waals surface area contributed by atoms with Crippen molar-refractivity contribution in [2.24, 2.45) is 0 Å². The van der Waals surface area contributed by atoms with E-state index in [4.69, 9.17) is 10.2 Å². The Morgan fingerprint density at radius 3 is 1.67 bits per heavy atom. The summed E-state index contributed by atoms with van der Waals surface area (Å²) in [7, 11) is 3.13. The average molecular weight is 182 g/mol. The van der Waals surface area contributed by atoms with Crippen LogP contribution in [-0.4, -0.2) is 50.7 Å². The molecule has 76 valence electrons. The largest absolute Gasteiger partial charge is 0.394 e. The Labute approximate surface area is 72.9 Å². The van der Waals surface area contributed by atoms with Crippen LogP contribution in [0.2, 0.25) is 0 Å². The quantitative estimate of drug-likeness (QED) is 0.446. The number of ether oxygens (including phenoxy) is 3. The standard InChI is InChI=1S/C4H10O3.C3H8O2/c1-5-3-7-4-6-2;1-3(5)2-4/h3-4H2,1-2H3;3-5H,2H2,1H3. The molecule has 0 spiro atoms. The van der Waals surface area contributed by atoms with Gasteiger partial charge in [0.2, 0.25) is 0 Å². The molecule has 12 heavy (non-hydrogen) atoms. The fraction of sp³-hybridized carbons (Fsp3) is 1.00. The van der Waals surface area contributed by atoms with Crippen LogP contribution in [0.25, 0.3) is 0 Å². The molecule has 0 radical (unpaired) electrons. The van der Waals surface area contributed by atoms with Gasteiger partial charge in [0.1, 0.15) is 13.6 Å². The van der Waals surface area contributed by atoms with Crippen molar-refractivity contribution in [1.82, 2.24) is 0 Å². The molecule has 0 saturated carbocycles. The average Bonchev–Trinajstić information content (AvgIpc) is 2.07. The van der Waals surface area contributed by atoms with Gasteiger partial charge >= 0.3 is 0 Å². The minimum Gasteiger partial charge on any atom is -0.394 e. The second kappa shape index (κ2) is 13.4. The molecule has 0 aromatic heterocycles. The highest BCUT2D eigenvalue weighted by Gasteiger charge is 1.83. The summed E-state index contributed by atoms with van der Waals surface area (Å²) < 4.78 is 13.8. The highest BCUT2D eigenvalue weighted by molar-refractivity contribution is 4.34. The normalized spacial score (nSPS) is 11.8. The molecule has 2 N–H and O–H groups in total. The van der Waals surface area contributed by atoms with E-state index in [0.717, 1.165) is 0 Å². The predicted molar refractivity (Wildman–Crippen MR) is 43.6 cm³/mol. The molecule has 0 aliphatic rings. The van der Waals surface area contributed by atoms with Crippen LogP contribution >= 0.6 is 0 Å². The van der Waals surface area contributed by atoms with Gasteiger partial charge in [0.15, 0.2) is 0 Å². The van der Waals surface area contributed by atoms with Gasteiger partial charge in [-0.3, -0.25) is 0 Å². The Bertz CT molecular complexity index is 62.8. The monoisotopic (exact) mass is 182 g/mol. The molecular formula is C7H18O5. The minimum absolute atomic E-state index is 0.139. The Morgan fingerprint density at radius 2 is 1.50 bits per heavy atom. The van der Waals surface area contributed by atoms with Crippen molar-refractivity contribution < 1.29 is 24.4 Å². The third-order valence-electron chi connectivity index (χ3n) is 0.667. The lowest BCUT2D eigenvalue weighted by molar-refractivity contribution is -0.107. The maximum atomic E-state index is 8.11. The molecule has 0 aliphatic carbocycles. The third kappa shape index (κ3) is 22.6. The van der Waals surface area contributed by atoms with Gasteiger partial charge in [-0.15, -0.1) is 0 Å². The van der Waals surface area contributed by atoms with E-state index in [-0.39, 0.29) is 6.61 Å². The van der Waals surface area contributed by atoms with E-state index in [1.54, 1.807) is 14.2 Å². The lowest BCUT2D eigenvalue weighted by atomic mass is 10.5. The van der Waals surface area contributed by atoms with Crippen molar-refractivity contribution in [3.05, 3.63) is 0 Å². The van der Waals surface area contributed by atoms with E-state index < -0.39 is 6.10 Å². The maximum Gasteiger partial charge on any atom is 0.149 e. The van der Waals surface area contributed by atoms with Crippen LogP contribution in [-0.2, 0) is 14.2 Å². The Morgan fingerprint density at radius 1 is 1.17 bits per heavy atom. The van der Waals surface area contributed by atoms with Crippen LogP contribution in [0, 0.1) is 0 Å². The zero-order chi connectivity index (χ0) is 9.82. The molecule has 1 unspecified atom stereocenters. The zero-order valence-corrected chi connectivity index (χ0v) is 7.82. The first-order valence-corrected chi connectivity index (χ1v) is 3.53. The molecule has 0 aromatic carbocycles. The van der Waals surface area contributed by atoms with Crippen LogP contribution < -0.4 is 0 Å². The molecule has 1 atom stereocenters. The van der Waals surface area contributed by atoms with Gasteiger partial charge in [-0.05, 0) is 6.92 Å². The summed E-state index contributed by atoms with van der Waals surface area (Å²) in [6.07, 6.45) is -0.560. The summed E-state index contributed by atoms with van der Waals surface area (Å²) >= 11 is 0. The number of aliphatic hydroxyl groups excluding tert-OH is 2.